The summed E-state index contributed by atoms with van der Waals surface area (Å²) in [6.07, 6.45) is 10.6. The molecule has 0 nitrogen and oxygen atoms in total. The van der Waals surface area contributed by atoms with Crippen LogP contribution in [0, 0.1) is 52.8 Å². The van der Waals surface area contributed by atoms with Crippen LogP contribution in [0.4, 0.5) is 0 Å². The molecule has 1 spiro atoms. The van der Waals surface area contributed by atoms with E-state index in [9.17, 15) is 0 Å². The van der Waals surface area contributed by atoms with Crippen molar-refractivity contribution in [3.05, 3.63) is 0 Å². The summed E-state index contributed by atoms with van der Waals surface area (Å²) in [5.41, 5.74) is 0.888. The van der Waals surface area contributed by atoms with Crippen molar-refractivity contribution in [1.82, 2.24) is 0 Å². The van der Waals surface area contributed by atoms with Crippen molar-refractivity contribution < 1.29 is 0 Å². The average Bonchev–Trinajstić information content (AvgIpc) is 3.09. The molecule has 2 unspecified atom stereocenters. The normalized spacial score (nSPS) is 43.3. The molecule has 0 aromatic heterocycles. The Hall–Kier alpha value is -0.440. The first kappa shape index (κ1) is 21.6. The minimum Gasteiger partial charge on any atom is -0.107 e. The Morgan fingerprint density at radius 3 is 0.917 bits per heavy atom. The van der Waals surface area contributed by atoms with E-state index in [1.54, 1.807) is 0 Å². The molecule has 4 rings (SSSR count). The summed E-state index contributed by atoms with van der Waals surface area (Å²) in [4.78, 5) is 0. The van der Waals surface area contributed by atoms with Crippen molar-refractivity contribution in [1.29, 1.82) is 0 Å². The molecule has 0 amide bonds. The Morgan fingerprint density at radius 1 is 0.542 bits per heavy atom. The predicted molar refractivity (Wildman–Crippen MR) is 109 cm³/mol. The number of hydrogen-bond donors (Lipinski definition) is 0. The van der Waals surface area contributed by atoms with Gasteiger partial charge >= 0.3 is 0 Å². The van der Waals surface area contributed by atoms with Crippen molar-refractivity contribution >= 4 is 0 Å². The molecule has 4 fully saturated rings. The molecule has 24 heavy (non-hydrogen) atoms. The molecule has 140 valence electrons. The minimum absolute atomic E-state index is 0.888. The molecule has 0 bridgehead atoms. The fraction of sp³-hybridized carbons (Fsp3) is 0.917. The smallest absolute Gasteiger partial charge is 0.00271 e. The zero-order valence-electron chi connectivity index (χ0n) is 17.9. The first-order valence-corrected chi connectivity index (χ1v) is 10.5. The van der Waals surface area contributed by atoms with Crippen LogP contribution >= 0.6 is 0 Å². The SMILES string of the molecule is CC#CC.CC1CC(C)C1.CC1CC1C.CC1CC2(C1)CC(C)C2. The Morgan fingerprint density at radius 2 is 0.833 bits per heavy atom. The fourth-order valence-corrected chi connectivity index (χ4v) is 4.98. The van der Waals surface area contributed by atoms with Gasteiger partial charge in [-0.3, -0.25) is 0 Å². The van der Waals surface area contributed by atoms with E-state index in [1.165, 1.54) is 44.9 Å². The summed E-state index contributed by atoms with van der Waals surface area (Å²) in [5.74, 6) is 11.7. The molecule has 0 aromatic rings. The largest absolute Gasteiger partial charge is 0.107 e. The van der Waals surface area contributed by atoms with Crippen LogP contribution in [0.15, 0.2) is 0 Å². The van der Waals surface area contributed by atoms with E-state index in [-0.39, 0.29) is 0 Å². The van der Waals surface area contributed by atoms with Gasteiger partial charge in [-0.1, -0.05) is 41.5 Å². The summed E-state index contributed by atoms with van der Waals surface area (Å²) < 4.78 is 0. The van der Waals surface area contributed by atoms with E-state index in [1.807, 2.05) is 13.8 Å². The zero-order chi connectivity index (χ0) is 18.3. The van der Waals surface area contributed by atoms with Crippen LogP contribution < -0.4 is 0 Å². The standard InChI is InChI=1S/C9H16.C6H12.C5H10.C4H6/c1-7-3-9(4-7)5-8(2)6-9;1-5-3-6(2)4-5;1-4-3-5(4)2;1-3-4-2/h7-8H,3-6H2,1-2H3;5-6H,3-4H2,1-2H3;4-5H,3H2,1-2H3;1-2H3. The van der Waals surface area contributed by atoms with Gasteiger partial charge in [0.05, 0.1) is 0 Å². The average molecular weight is 333 g/mol. The van der Waals surface area contributed by atoms with E-state index >= 15 is 0 Å². The lowest BCUT2D eigenvalue weighted by Crippen LogP contribution is -2.45. The van der Waals surface area contributed by atoms with Gasteiger partial charge in [0.1, 0.15) is 0 Å². The maximum atomic E-state index is 2.68. The van der Waals surface area contributed by atoms with E-state index < -0.39 is 0 Å². The van der Waals surface area contributed by atoms with Gasteiger partial charge in [-0.15, -0.1) is 11.8 Å². The van der Waals surface area contributed by atoms with Crippen molar-refractivity contribution in [3.63, 3.8) is 0 Å². The van der Waals surface area contributed by atoms with Crippen LogP contribution in [0.3, 0.4) is 0 Å². The van der Waals surface area contributed by atoms with Gasteiger partial charge in [-0.05, 0) is 99.7 Å². The summed E-state index contributed by atoms with van der Waals surface area (Å²) in [5, 5.41) is 0. The lowest BCUT2D eigenvalue weighted by atomic mass is 9.49. The highest BCUT2D eigenvalue weighted by atomic mass is 14.5. The summed E-state index contributed by atoms with van der Waals surface area (Å²) >= 11 is 0. The predicted octanol–water partition coefficient (Wildman–Crippen LogP) is 7.58. The Balaban J connectivity index is 0.000000170. The monoisotopic (exact) mass is 332 g/mol. The molecule has 0 radical (unpaired) electrons. The maximum absolute atomic E-state index is 2.68. The highest BCUT2D eigenvalue weighted by Crippen LogP contribution is 2.60. The zero-order valence-corrected chi connectivity index (χ0v) is 17.9. The molecule has 0 heteroatoms. The van der Waals surface area contributed by atoms with Gasteiger partial charge in [0.25, 0.3) is 0 Å². The molecule has 0 heterocycles. The van der Waals surface area contributed by atoms with Gasteiger partial charge in [-0.25, -0.2) is 0 Å². The first-order chi connectivity index (χ1) is 11.2. The summed E-state index contributed by atoms with van der Waals surface area (Å²) in [6.45, 7) is 17.6. The van der Waals surface area contributed by atoms with Crippen molar-refractivity contribution in [3.8, 4) is 11.8 Å². The molecular formula is C24H44. The minimum atomic E-state index is 0.888. The lowest BCUT2D eigenvalue weighted by Gasteiger charge is -2.56. The molecule has 0 aromatic carbocycles. The highest BCUT2D eigenvalue weighted by Gasteiger charge is 2.49. The topological polar surface area (TPSA) is 0 Å². The van der Waals surface area contributed by atoms with Gasteiger partial charge in [0, 0.05) is 0 Å². The fourth-order valence-electron chi connectivity index (χ4n) is 4.98. The van der Waals surface area contributed by atoms with Crippen LogP contribution in [0.2, 0.25) is 0 Å². The Bertz CT molecular complexity index is 354. The summed E-state index contributed by atoms with van der Waals surface area (Å²) in [6, 6.07) is 0. The molecule has 4 aliphatic rings. The molecule has 4 saturated carbocycles. The van der Waals surface area contributed by atoms with E-state index in [0.717, 1.165) is 40.9 Å². The van der Waals surface area contributed by atoms with Gasteiger partial charge < -0.3 is 0 Å². The van der Waals surface area contributed by atoms with Crippen LogP contribution in [-0.4, -0.2) is 0 Å². The molecule has 2 atom stereocenters. The third-order valence-electron chi connectivity index (χ3n) is 6.50. The lowest BCUT2D eigenvalue weighted by molar-refractivity contribution is -0.0549. The molecule has 4 aliphatic carbocycles. The Labute approximate surface area is 153 Å². The van der Waals surface area contributed by atoms with Crippen LogP contribution in [0.5, 0.6) is 0 Å². The Kier molecular flexibility index (Phi) is 8.90. The van der Waals surface area contributed by atoms with Crippen LogP contribution in [-0.2, 0) is 0 Å². The number of hydrogen-bond acceptors (Lipinski definition) is 0. The third kappa shape index (κ3) is 7.63. The molecule has 0 aliphatic heterocycles. The second kappa shape index (κ2) is 9.89. The van der Waals surface area contributed by atoms with Crippen molar-refractivity contribution in [2.75, 3.05) is 0 Å². The third-order valence-corrected chi connectivity index (χ3v) is 6.50. The van der Waals surface area contributed by atoms with Crippen LogP contribution in [0.1, 0.15) is 100 Å². The molecule has 0 N–H and O–H groups in total. The van der Waals surface area contributed by atoms with Gasteiger partial charge in [0.15, 0.2) is 0 Å². The van der Waals surface area contributed by atoms with E-state index in [4.69, 9.17) is 0 Å². The molecular weight excluding hydrogens is 288 g/mol. The highest BCUT2D eigenvalue weighted by molar-refractivity contribution is 5.00. The quantitative estimate of drug-likeness (QED) is 0.401. The number of rotatable bonds is 0. The second-order valence-electron chi connectivity index (χ2n) is 9.90. The summed E-state index contributed by atoms with van der Waals surface area (Å²) in [7, 11) is 0. The van der Waals surface area contributed by atoms with Crippen molar-refractivity contribution in [2.45, 2.75) is 100 Å². The second-order valence-corrected chi connectivity index (χ2v) is 9.90. The van der Waals surface area contributed by atoms with E-state index in [0.29, 0.717) is 0 Å². The van der Waals surface area contributed by atoms with Crippen molar-refractivity contribution in [2.24, 2.45) is 40.9 Å². The van der Waals surface area contributed by atoms with Gasteiger partial charge in [-0.2, -0.15) is 0 Å². The first-order valence-electron chi connectivity index (χ1n) is 10.5. The maximum Gasteiger partial charge on any atom is -0.00271 e. The van der Waals surface area contributed by atoms with E-state index in [2.05, 4.69) is 53.4 Å². The molecule has 0 saturated heterocycles. The van der Waals surface area contributed by atoms with Gasteiger partial charge in [0.2, 0.25) is 0 Å². The van der Waals surface area contributed by atoms with Crippen LogP contribution in [0.25, 0.3) is 0 Å².